The number of aliphatic imine (C=N–C) groups is 1. The highest BCUT2D eigenvalue weighted by Crippen LogP contribution is 2.16. The van der Waals surface area contributed by atoms with Crippen molar-refractivity contribution in [2.45, 2.75) is 6.54 Å². The zero-order valence-corrected chi connectivity index (χ0v) is 18.3. The van der Waals surface area contributed by atoms with Crippen molar-refractivity contribution in [1.82, 2.24) is 20.2 Å². The molecule has 0 atom stereocenters. The van der Waals surface area contributed by atoms with Gasteiger partial charge in [-0.15, -0.1) is 24.0 Å². The molecule has 1 N–H and O–H groups in total. The lowest BCUT2D eigenvalue weighted by molar-refractivity contribution is 0.371. The third kappa shape index (κ3) is 4.52. The molecule has 146 valence electrons. The molecule has 6 nitrogen and oxygen atoms in total. The Bertz CT molecular complexity index is 917. The lowest BCUT2D eigenvalue weighted by Crippen LogP contribution is -2.52. The van der Waals surface area contributed by atoms with Crippen LogP contribution < -0.4 is 10.2 Å². The Morgan fingerprint density at radius 1 is 0.964 bits per heavy atom. The number of hydrogen-bond acceptors (Lipinski definition) is 4. The second-order valence-electron chi connectivity index (χ2n) is 6.56. The molecule has 1 aromatic carbocycles. The number of fused-ring (bicyclic) bond motifs is 1. The number of benzene rings is 1. The zero-order chi connectivity index (χ0) is 18.5. The van der Waals surface area contributed by atoms with Crippen LogP contribution in [0.4, 0.5) is 5.82 Å². The molecule has 1 aliphatic heterocycles. The standard InChI is InChI=1S/C21H24N6.HI/c1-22-21(25-16-18-7-4-6-17-8-5-11-24-20(17)18)27-14-12-26(13-15-27)19-9-2-3-10-23-19;/h2-11H,12-16H2,1H3,(H,22,25);1H. The van der Waals surface area contributed by atoms with Crippen LogP contribution in [0.15, 0.2) is 65.9 Å². The van der Waals surface area contributed by atoms with Gasteiger partial charge in [0.2, 0.25) is 0 Å². The topological polar surface area (TPSA) is 56.7 Å². The summed E-state index contributed by atoms with van der Waals surface area (Å²) >= 11 is 0. The number of halogens is 1. The van der Waals surface area contributed by atoms with Crippen molar-refractivity contribution >= 4 is 46.7 Å². The van der Waals surface area contributed by atoms with E-state index >= 15 is 0 Å². The van der Waals surface area contributed by atoms with Gasteiger partial charge in [0.25, 0.3) is 0 Å². The molecule has 2 aromatic heterocycles. The fourth-order valence-corrected chi connectivity index (χ4v) is 3.50. The number of nitrogens with one attached hydrogen (secondary N) is 1. The van der Waals surface area contributed by atoms with E-state index in [1.54, 1.807) is 0 Å². The molecule has 0 unspecified atom stereocenters. The minimum absolute atomic E-state index is 0. The van der Waals surface area contributed by atoms with E-state index in [4.69, 9.17) is 0 Å². The minimum Gasteiger partial charge on any atom is -0.353 e. The van der Waals surface area contributed by atoms with Crippen molar-refractivity contribution < 1.29 is 0 Å². The van der Waals surface area contributed by atoms with Crippen LogP contribution >= 0.6 is 24.0 Å². The summed E-state index contributed by atoms with van der Waals surface area (Å²) in [6, 6.07) is 16.4. The maximum absolute atomic E-state index is 4.53. The van der Waals surface area contributed by atoms with Gasteiger partial charge in [-0.25, -0.2) is 4.98 Å². The second-order valence-corrected chi connectivity index (χ2v) is 6.56. The van der Waals surface area contributed by atoms with Gasteiger partial charge in [0.05, 0.1) is 5.52 Å². The van der Waals surface area contributed by atoms with E-state index in [2.05, 4.69) is 60.4 Å². The number of hydrogen-bond donors (Lipinski definition) is 1. The molecular weight excluding hydrogens is 463 g/mol. The summed E-state index contributed by atoms with van der Waals surface area (Å²) in [6.45, 7) is 4.43. The summed E-state index contributed by atoms with van der Waals surface area (Å²) in [7, 11) is 1.84. The van der Waals surface area contributed by atoms with Crippen molar-refractivity contribution in [3.63, 3.8) is 0 Å². The van der Waals surface area contributed by atoms with Crippen LogP contribution in [0.3, 0.4) is 0 Å². The van der Waals surface area contributed by atoms with Gasteiger partial charge < -0.3 is 15.1 Å². The van der Waals surface area contributed by atoms with E-state index in [0.29, 0.717) is 6.54 Å². The summed E-state index contributed by atoms with van der Waals surface area (Å²) in [5.74, 6) is 1.98. The Morgan fingerprint density at radius 3 is 2.50 bits per heavy atom. The number of rotatable bonds is 3. The first-order valence-corrected chi connectivity index (χ1v) is 9.29. The third-order valence-electron chi connectivity index (χ3n) is 4.92. The van der Waals surface area contributed by atoms with Crippen LogP contribution in [0.25, 0.3) is 10.9 Å². The van der Waals surface area contributed by atoms with Gasteiger partial charge >= 0.3 is 0 Å². The normalized spacial score (nSPS) is 14.7. The van der Waals surface area contributed by atoms with E-state index in [-0.39, 0.29) is 24.0 Å². The summed E-state index contributed by atoms with van der Waals surface area (Å²) in [5.41, 5.74) is 2.23. The van der Waals surface area contributed by atoms with Crippen LogP contribution in [-0.4, -0.2) is 54.1 Å². The number of pyridine rings is 2. The van der Waals surface area contributed by atoms with Gasteiger partial charge in [-0.2, -0.15) is 0 Å². The van der Waals surface area contributed by atoms with Gasteiger partial charge in [0, 0.05) is 57.6 Å². The molecule has 1 saturated heterocycles. The average molecular weight is 488 g/mol. The molecular formula is C21H25IN6. The number of anilines is 1. The van der Waals surface area contributed by atoms with Crippen LogP contribution in [0.1, 0.15) is 5.56 Å². The van der Waals surface area contributed by atoms with Crippen molar-refractivity contribution in [3.05, 3.63) is 66.5 Å². The molecule has 0 aliphatic carbocycles. The fourth-order valence-electron chi connectivity index (χ4n) is 3.50. The second kappa shape index (κ2) is 9.68. The molecule has 0 spiro atoms. The van der Waals surface area contributed by atoms with Gasteiger partial charge in [-0.05, 0) is 23.8 Å². The Balaban J connectivity index is 0.00000225. The fraction of sp³-hybridized carbons (Fsp3) is 0.286. The molecule has 3 aromatic rings. The van der Waals surface area contributed by atoms with E-state index < -0.39 is 0 Å². The first kappa shape index (κ1) is 20.3. The molecule has 0 amide bonds. The number of nitrogens with zero attached hydrogens (tertiary/aromatic N) is 5. The van der Waals surface area contributed by atoms with E-state index in [0.717, 1.165) is 48.9 Å². The monoisotopic (exact) mass is 488 g/mol. The Morgan fingerprint density at radius 2 is 1.75 bits per heavy atom. The van der Waals surface area contributed by atoms with Crippen LogP contribution in [0.5, 0.6) is 0 Å². The molecule has 0 saturated carbocycles. The van der Waals surface area contributed by atoms with Crippen molar-refractivity contribution in [3.8, 4) is 0 Å². The van der Waals surface area contributed by atoms with Crippen molar-refractivity contribution in [1.29, 1.82) is 0 Å². The highest BCUT2D eigenvalue weighted by Gasteiger charge is 2.20. The van der Waals surface area contributed by atoms with E-state index in [1.165, 1.54) is 5.56 Å². The average Bonchev–Trinajstić information content (AvgIpc) is 2.75. The largest absolute Gasteiger partial charge is 0.353 e. The van der Waals surface area contributed by atoms with Gasteiger partial charge in [0.15, 0.2) is 5.96 Å². The molecule has 3 heterocycles. The van der Waals surface area contributed by atoms with E-state index in [1.807, 2.05) is 37.6 Å². The summed E-state index contributed by atoms with van der Waals surface area (Å²) in [5, 5.41) is 4.67. The van der Waals surface area contributed by atoms with Crippen LogP contribution in [0, 0.1) is 0 Å². The highest BCUT2D eigenvalue weighted by atomic mass is 127. The zero-order valence-electron chi connectivity index (χ0n) is 16.0. The molecule has 0 radical (unpaired) electrons. The molecule has 4 rings (SSSR count). The lowest BCUT2D eigenvalue weighted by atomic mass is 10.1. The predicted molar refractivity (Wildman–Crippen MR) is 125 cm³/mol. The van der Waals surface area contributed by atoms with Crippen LogP contribution in [0.2, 0.25) is 0 Å². The smallest absolute Gasteiger partial charge is 0.194 e. The SMILES string of the molecule is CN=C(NCc1cccc2cccnc12)N1CCN(c2ccccn2)CC1.I. The number of guanidine groups is 1. The maximum Gasteiger partial charge on any atom is 0.194 e. The molecule has 0 bridgehead atoms. The Kier molecular flexibility index (Phi) is 7.02. The number of aromatic nitrogens is 2. The minimum atomic E-state index is 0. The van der Waals surface area contributed by atoms with E-state index in [9.17, 15) is 0 Å². The summed E-state index contributed by atoms with van der Waals surface area (Å²) in [6.07, 6.45) is 3.69. The molecule has 28 heavy (non-hydrogen) atoms. The summed E-state index contributed by atoms with van der Waals surface area (Å²) < 4.78 is 0. The van der Waals surface area contributed by atoms with Crippen molar-refractivity contribution in [2.75, 3.05) is 38.1 Å². The third-order valence-corrected chi connectivity index (χ3v) is 4.92. The predicted octanol–water partition coefficient (Wildman–Crippen LogP) is 3.15. The quantitative estimate of drug-likeness (QED) is 0.349. The first-order chi connectivity index (χ1) is 13.3. The van der Waals surface area contributed by atoms with Gasteiger partial charge in [-0.1, -0.05) is 30.3 Å². The van der Waals surface area contributed by atoms with Gasteiger partial charge in [0.1, 0.15) is 5.82 Å². The molecule has 1 aliphatic rings. The van der Waals surface area contributed by atoms with Crippen LogP contribution in [-0.2, 0) is 6.54 Å². The number of para-hydroxylation sites is 1. The summed E-state index contributed by atoms with van der Waals surface area (Å²) in [4.78, 5) is 18.1. The number of piperazine rings is 1. The molecule has 1 fully saturated rings. The Labute approximate surface area is 182 Å². The molecule has 7 heteroatoms. The van der Waals surface area contributed by atoms with Crippen molar-refractivity contribution in [2.24, 2.45) is 4.99 Å². The first-order valence-electron chi connectivity index (χ1n) is 9.29. The highest BCUT2D eigenvalue weighted by molar-refractivity contribution is 14.0. The van der Waals surface area contributed by atoms with Gasteiger partial charge in [-0.3, -0.25) is 9.98 Å². The maximum atomic E-state index is 4.53. The lowest BCUT2D eigenvalue weighted by Gasteiger charge is -2.37. The Hall–Kier alpha value is -2.42.